The number of nitrogens with one attached hydrogen (secondary N) is 1. The average molecular weight is 452 g/mol. The molecule has 170 valence electrons. The lowest BCUT2D eigenvalue weighted by Crippen LogP contribution is -2.51. The van der Waals surface area contributed by atoms with E-state index in [1.165, 1.54) is 0 Å². The fraction of sp³-hybridized carbons (Fsp3) is 0.524. The van der Waals surface area contributed by atoms with Crippen molar-refractivity contribution >= 4 is 41.3 Å². The van der Waals surface area contributed by atoms with Gasteiger partial charge in [0, 0.05) is 31.9 Å². The molecule has 1 aliphatic heterocycles. The van der Waals surface area contributed by atoms with Crippen LogP contribution in [0.25, 0.3) is 0 Å². The van der Waals surface area contributed by atoms with Gasteiger partial charge in [-0.05, 0) is 32.4 Å². The molecule has 9 nitrogen and oxygen atoms in total. The van der Waals surface area contributed by atoms with Crippen LogP contribution in [0, 0.1) is 13.8 Å². The Morgan fingerprint density at radius 2 is 1.68 bits per heavy atom. The van der Waals surface area contributed by atoms with E-state index in [0.29, 0.717) is 32.8 Å². The molecule has 1 aliphatic rings. The van der Waals surface area contributed by atoms with Crippen LogP contribution in [-0.2, 0) is 23.9 Å². The predicted molar refractivity (Wildman–Crippen MR) is 118 cm³/mol. The Balaban J connectivity index is 1.62. The number of nitrogens with zero attached hydrogens (tertiary/aromatic N) is 2. The highest BCUT2D eigenvalue weighted by molar-refractivity contribution is 8.00. The number of thioether (sulfide) groups is 1. The van der Waals surface area contributed by atoms with Crippen LogP contribution in [0.15, 0.2) is 18.2 Å². The summed E-state index contributed by atoms with van der Waals surface area (Å²) in [6.07, 6.45) is -0.389. The number of piperazine rings is 1. The van der Waals surface area contributed by atoms with Crippen molar-refractivity contribution in [3.8, 4) is 0 Å². The summed E-state index contributed by atoms with van der Waals surface area (Å²) in [5, 5.41) is 2.81. The molecule has 0 radical (unpaired) electrons. The van der Waals surface area contributed by atoms with Gasteiger partial charge in [-0.1, -0.05) is 17.7 Å². The van der Waals surface area contributed by atoms with Gasteiger partial charge in [0.2, 0.25) is 5.91 Å². The molecule has 0 aromatic heterocycles. The molecular formula is C21H29N3O6S. The summed E-state index contributed by atoms with van der Waals surface area (Å²) in [6, 6.07) is 5.74. The van der Waals surface area contributed by atoms with Crippen molar-refractivity contribution in [3.63, 3.8) is 0 Å². The van der Waals surface area contributed by atoms with Gasteiger partial charge in [-0.3, -0.25) is 14.4 Å². The number of rotatable bonds is 8. The first-order valence-corrected chi connectivity index (χ1v) is 11.3. The smallest absolute Gasteiger partial charge is 0.409 e. The van der Waals surface area contributed by atoms with E-state index in [2.05, 4.69) is 5.32 Å². The third-order valence-electron chi connectivity index (χ3n) is 4.62. The molecule has 1 aromatic rings. The number of anilines is 1. The topological polar surface area (TPSA) is 105 Å². The van der Waals surface area contributed by atoms with E-state index in [1.807, 2.05) is 32.0 Å². The molecule has 0 aliphatic carbocycles. The summed E-state index contributed by atoms with van der Waals surface area (Å²) in [4.78, 5) is 50.8. The Hall–Kier alpha value is -2.75. The Bertz CT molecular complexity index is 808. The normalized spacial score (nSPS) is 13.5. The number of hydrogen-bond donors (Lipinski definition) is 1. The largest absolute Gasteiger partial charge is 0.455 e. The van der Waals surface area contributed by atoms with Gasteiger partial charge in [0.15, 0.2) is 6.61 Å². The quantitative estimate of drug-likeness (QED) is 0.601. The Labute approximate surface area is 186 Å². The van der Waals surface area contributed by atoms with Crippen molar-refractivity contribution in [3.05, 3.63) is 29.3 Å². The van der Waals surface area contributed by atoms with E-state index in [-0.39, 0.29) is 36.0 Å². The van der Waals surface area contributed by atoms with Gasteiger partial charge in [0.1, 0.15) is 0 Å². The van der Waals surface area contributed by atoms with E-state index >= 15 is 0 Å². The van der Waals surface area contributed by atoms with Crippen molar-refractivity contribution in [2.24, 2.45) is 0 Å². The standard InChI is InChI=1S/C21H29N3O6S/c1-4-29-21(28)24-9-7-23(8-10-24)19(26)12-30-20(27)14-31-13-18(25)22-17-6-5-15(2)11-16(17)3/h5-6,11H,4,7-10,12-14H2,1-3H3,(H,22,25). The number of ether oxygens (including phenoxy) is 2. The van der Waals surface area contributed by atoms with Gasteiger partial charge >= 0.3 is 12.1 Å². The van der Waals surface area contributed by atoms with Crippen LogP contribution in [0.5, 0.6) is 0 Å². The number of benzene rings is 1. The van der Waals surface area contributed by atoms with Crippen molar-refractivity contribution in [2.45, 2.75) is 20.8 Å². The van der Waals surface area contributed by atoms with Crippen LogP contribution in [0.1, 0.15) is 18.1 Å². The molecule has 1 aromatic carbocycles. The molecule has 0 atom stereocenters. The molecule has 0 saturated carbocycles. The summed E-state index contributed by atoms with van der Waals surface area (Å²) < 4.78 is 9.95. The van der Waals surface area contributed by atoms with Crippen LogP contribution in [0.4, 0.5) is 10.5 Å². The second-order valence-corrected chi connectivity index (χ2v) is 8.07. The molecule has 2 rings (SSSR count). The minimum Gasteiger partial charge on any atom is -0.455 e. The molecule has 10 heteroatoms. The van der Waals surface area contributed by atoms with E-state index in [0.717, 1.165) is 28.6 Å². The fourth-order valence-electron chi connectivity index (χ4n) is 3.00. The number of hydrogen-bond acceptors (Lipinski definition) is 7. The summed E-state index contributed by atoms with van der Waals surface area (Å²) in [5.74, 6) is -0.992. The van der Waals surface area contributed by atoms with Gasteiger partial charge in [0.05, 0.1) is 18.1 Å². The van der Waals surface area contributed by atoms with Crippen LogP contribution < -0.4 is 5.32 Å². The SMILES string of the molecule is CCOC(=O)N1CCN(C(=O)COC(=O)CSCC(=O)Nc2ccc(C)cc2C)CC1. The number of carbonyl (C=O) groups excluding carboxylic acids is 4. The van der Waals surface area contributed by atoms with Crippen molar-refractivity contribution < 1.29 is 28.7 Å². The monoisotopic (exact) mass is 451 g/mol. The van der Waals surface area contributed by atoms with E-state index in [1.54, 1.807) is 16.7 Å². The molecule has 0 spiro atoms. The molecule has 0 bridgehead atoms. The Morgan fingerprint density at radius 3 is 2.32 bits per heavy atom. The minimum absolute atomic E-state index is 0.0236. The fourth-order valence-corrected chi connectivity index (χ4v) is 3.61. The Kier molecular flexibility index (Phi) is 9.64. The third-order valence-corrected chi connectivity index (χ3v) is 5.53. The van der Waals surface area contributed by atoms with Gasteiger partial charge in [-0.25, -0.2) is 4.79 Å². The first-order chi connectivity index (χ1) is 14.8. The van der Waals surface area contributed by atoms with Crippen molar-refractivity contribution in [2.75, 3.05) is 56.2 Å². The summed E-state index contributed by atoms with van der Waals surface area (Å²) in [6.45, 7) is 7.07. The highest BCUT2D eigenvalue weighted by Gasteiger charge is 2.25. The highest BCUT2D eigenvalue weighted by Crippen LogP contribution is 2.16. The van der Waals surface area contributed by atoms with E-state index in [4.69, 9.17) is 9.47 Å². The molecule has 0 unspecified atom stereocenters. The zero-order valence-corrected chi connectivity index (χ0v) is 19.0. The second-order valence-electron chi connectivity index (χ2n) is 7.09. The van der Waals surface area contributed by atoms with Gasteiger partial charge in [-0.15, -0.1) is 11.8 Å². The molecule has 31 heavy (non-hydrogen) atoms. The predicted octanol–water partition coefficient (Wildman–Crippen LogP) is 1.82. The molecule has 1 saturated heterocycles. The van der Waals surface area contributed by atoms with E-state index in [9.17, 15) is 19.2 Å². The molecule has 1 N–H and O–H groups in total. The summed E-state index contributed by atoms with van der Waals surface area (Å²) >= 11 is 1.12. The molecule has 1 fully saturated rings. The zero-order chi connectivity index (χ0) is 22.8. The van der Waals surface area contributed by atoms with E-state index < -0.39 is 5.97 Å². The maximum atomic E-state index is 12.2. The molecule has 1 heterocycles. The van der Waals surface area contributed by atoms with Crippen molar-refractivity contribution in [1.29, 1.82) is 0 Å². The third kappa shape index (κ3) is 8.12. The molecular weight excluding hydrogens is 422 g/mol. The lowest BCUT2D eigenvalue weighted by atomic mass is 10.1. The number of aryl methyl sites for hydroxylation is 2. The first kappa shape index (κ1) is 24.5. The maximum Gasteiger partial charge on any atom is 0.409 e. The highest BCUT2D eigenvalue weighted by atomic mass is 32.2. The maximum absolute atomic E-state index is 12.2. The van der Waals surface area contributed by atoms with Gasteiger partial charge < -0.3 is 24.6 Å². The number of esters is 1. The number of carbonyl (C=O) groups is 4. The van der Waals surface area contributed by atoms with Crippen LogP contribution in [0.3, 0.4) is 0 Å². The first-order valence-electron chi connectivity index (χ1n) is 10.1. The van der Waals surface area contributed by atoms with Crippen LogP contribution in [0.2, 0.25) is 0 Å². The zero-order valence-electron chi connectivity index (χ0n) is 18.1. The number of amides is 3. The van der Waals surface area contributed by atoms with Crippen molar-refractivity contribution in [1.82, 2.24) is 9.80 Å². The summed E-state index contributed by atoms with van der Waals surface area (Å²) in [5.41, 5.74) is 2.83. The summed E-state index contributed by atoms with van der Waals surface area (Å²) in [7, 11) is 0. The minimum atomic E-state index is -0.553. The average Bonchev–Trinajstić information content (AvgIpc) is 2.74. The second kappa shape index (κ2) is 12.2. The van der Waals surface area contributed by atoms with Gasteiger partial charge in [0.25, 0.3) is 5.91 Å². The lowest BCUT2D eigenvalue weighted by Gasteiger charge is -2.33. The van der Waals surface area contributed by atoms with Crippen LogP contribution >= 0.6 is 11.8 Å². The molecule has 3 amide bonds. The lowest BCUT2D eigenvalue weighted by molar-refractivity contribution is -0.150. The van der Waals surface area contributed by atoms with Crippen LogP contribution in [-0.4, -0.2) is 84.6 Å². The van der Waals surface area contributed by atoms with Gasteiger partial charge in [-0.2, -0.15) is 0 Å². The Morgan fingerprint density at radius 1 is 1.00 bits per heavy atom.